The van der Waals surface area contributed by atoms with Gasteiger partial charge in [0.05, 0.1) is 12.7 Å². The molecule has 4 heteroatoms. The molecule has 15 heavy (non-hydrogen) atoms. The van der Waals surface area contributed by atoms with Crippen molar-refractivity contribution in [2.45, 2.75) is 24.9 Å². The number of hydrogen-bond acceptors (Lipinski definition) is 3. The standard InChI is InChI=1S/C11H13ClO3/c1-15-9-3-2-8(12)7(10(9)13)6-11(14)4-5-11/h2-3,13-14H,4-6H2,1H3. The highest BCUT2D eigenvalue weighted by Crippen LogP contribution is 2.44. The SMILES string of the molecule is COc1ccc(Cl)c(CC2(O)CC2)c1O. The summed E-state index contributed by atoms with van der Waals surface area (Å²) in [6.45, 7) is 0. The molecular weight excluding hydrogens is 216 g/mol. The molecule has 1 aliphatic carbocycles. The van der Waals surface area contributed by atoms with Gasteiger partial charge in [-0.05, 0) is 25.0 Å². The first kappa shape index (κ1) is 10.6. The van der Waals surface area contributed by atoms with E-state index in [2.05, 4.69) is 0 Å². The molecule has 0 saturated heterocycles. The molecule has 1 fully saturated rings. The summed E-state index contributed by atoms with van der Waals surface area (Å²) in [5, 5.41) is 20.1. The van der Waals surface area contributed by atoms with Crippen LogP contribution in [0.4, 0.5) is 0 Å². The van der Waals surface area contributed by atoms with Crippen molar-refractivity contribution in [3.8, 4) is 11.5 Å². The van der Waals surface area contributed by atoms with Crippen LogP contribution in [0.2, 0.25) is 5.02 Å². The van der Waals surface area contributed by atoms with E-state index in [9.17, 15) is 10.2 Å². The molecule has 0 aliphatic heterocycles. The summed E-state index contributed by atoms with van der Waals surface area (Å²) in [5.74, 6) is 0.420. The summed E-state index contributed by atoms with van der Waals surface area (Å²) < 4.78 is 4.99. The van der Waals surface area contributed by atoms with E-state index in [-0.39, 0.29) is 5.75 Å². The lowest BCUT2D eigenvalue weighted by molar-refractivity contribution is 0.150. The van der Waals surface area contributed by atoms with Crippen LogP contribution in [-0.4, -0.2) is 22.9 Å². The second-order valence-corrected chi connectivity index (χ2v) is 4.39. The Morgan fingerprint density at radius 3 is 2.67 bits per heavy atom. The molecule has 1 aromatic carbocycles. The normalized spacial score (nSPS) is 17.5. The van der Waals surface area contributed by atoms with Crippen LogP contribution in [0.15, 0.2) is 12.1 Å². The Morgan fingerprint density at radius 1 is 1.47 bits per heavy atom. The summed E-state index contributed by atoms with van der Waals surface area (Å²) in [4.78, 5) is 0. The van der Waals surface area contributed by atoms with Crippen molar-refractivity contribution in [3.05, 3.63) is 22.7 Å². The van der Waals surface area contributed by atoms with Crippen LogP contribution in [-0.2, 0) is 6.42 Å². The molecule has 0 aromatic heterocycles. The van der Waals surface area contributed by atoms with E-state index < -0.39 is 5.60 Å². The average molecular weight is 229 g/mol. The highest BCUT2D eigenvalue weighted by atomic mass is 35.5. The second kappa shape index (κ2) is 3.58. The molecular formula is C11H13ClO3. The van der Waals surface area contributed by atoms with Gasteiger partial charge in [0.2, 0.25) is 0 Å². The molecule has 2 N–H and O–H groups in total. The maximum atomic E-state index is 9.84. The lowest BCUT2D eigenvalue weighted by Crippen LogP contribution is -2.11. The van der Waals surface area contributed by atoms with Gasteiger partial charge in [0.25, 0.3) is 0 Å². The van der Waals surface area contributed by atoms with E-state index in [1.165, 1.54) is 7.11 Å². The molecule has 0 heterocycles. The Balaban J connectivity index is 2.35. The van der Waals surface area contributed by atoms with E-state index in [0.717, 1.165) is 12.8 Å². The van der Waals surface area contributed by atoms with E-state index in [1.807, 2.05) is 0 Å². The number of phenolic OH excluding ortho intramolecular Hbond substituents is 1. The van der Waals surface area contributed by atoms with Crippen molar-refractivity contribution < 1.29 is 14.9 Å². The summed E-state index contributed by atoms with van der Waals surface area (Å²) in [7, 11) is 1.48. The maximum absolute atomic E-state index is 9.84. The van der Waals surface area contributed by atoms with Gasteiger partial charge in [-0.2, -0.15) is 0 Å². The highest BCUT2D eigenvalue weighted by Gasteiger charge is 2.41. The lowest BCUT2D eigenvalue weighted by Gasteiger charge is -2.13. The third kappa shape index (κ3) is 2.03. The smallest absolute Gasteiger partial charge is 0.162 e. The molecule has 1 aromatic rings. The Morgan fingerprint density at radius 2 is 2.13 bits per heavy atom. The van der Waals surface area contributed by atoms with Crippen LogP contribution in [0.25, 0.3) is 0 Å². The van der Waals surface area contributed by atoms with Crippen LogP contribution in [0.5, 0.6) is 11.5 Å². The van der Waals surface area contributed by atoms with Crippen molar-refractivity contribution >= 4 is 11.6 Å². The Hall–Kier alpha value is -0.930. The van der Waals surface area contributed by atoms with Crippen LogP contribution in [0, 0.1) is 0 Å². The predicted molar refractivity (Wildman–Crippen MR) is 57.6 cm³/mol. The van der Waals surface area contributed by atoms with Gasteiger partial charge in [-0.3, -0.25) is 0 Å². The van der Waals surface area contributed by atoms with Gasteiger partial charge in [-0.15, -0.1) is 0 Å². The largest absolute Gasteiger partial charge is 0.504 e. The maximum Gasteiger partial charge on any atom is 0.162 e. The first-order chi connectivity index (χ1) is 7.06. The Kier molecular flexibility index (Phi) is 2.52. The molecule has 0 atom stereocenters. The zero-order valence-electron chi connectivity index (χ0n) is 8.46. The average Bonchev–Trinajstić information content (AvgIpc) is 2.92. The third-order valence-corrected chi connectivity index (χ3v) is 3.10. The van der Waals surface area contributed by atoms with Crippen LogP contribution in [0.1, 0.15) is 18.4 Å². The van der Waals surface area contributed by atoms with Gasteiger partial charge in [0.15, 0.2) is 11.5 Å². The van der Waals surface area contributed by atoms with Crippen molar-refractivity contribution in [3.63, 3.8) is 0 Å². The highest BCUT2D eigenvalue weighted by molar-refractivity contribution is 6.31. The first-order valence-corrected chi connectivity index (χ1v) is 5.20. The van der Waals surface area contributed by atoms with Crippen molar-refractivity contribution in [1.29, 1.82) is 0 Å². The van der Waals surface area contributed by atoms with Crippen LogP contribution in [0.3, 0.4) is 0 Å². The molecule has 0 bridgehead atoms. The molecule has 1 saturated carbocycles. The third-order valence-electron chi connectivity index (χ3n) is 2.74. The van der Waals surface area contributed by atoms with Gasteiger partial charge in [-0.25, -0.2) is 0 Å². The molecule has 1 aliphatic rings. The Labute approximate surface area is 93.3 Å². The number of halogens is 1. The predicted octanol–water partition coefficient (Wildman–Crippen LogP) is 2.12. The molecule has 0 radical (unpaired) electrons. The first-order valence-electron chi connectivity index (χ1n) is 4.82. The van der Waals surface area contributed by atoms with Crippen molar-refractivity contribution in [2.24, 2.45) is 0 Å². The number of phenols is 1. The molecule has 0 spiro atoms. The topological polar surface area (TPSA) is 49.7 Å². The fourth-order valence-electron chi connectivity index (χ4n) is 1.57. The number of hydrogen-bond donors (Lipinski definition) is 2. The lowest BCUT2D eigenvalue weighted by atomic mass is 10.0. The van der Waals surface area contributed by atoms with Gasteiger partial charge >= 0.3 is 0 Å². The number of aromatic hydroxyl groups is 1. The van der Waals surface area contributed by atoms with Gasteiger partial charge in [0, 0.05) is 17.0 Å². The van der Waals surface area contributed by atoms with Gasteiger partial charge in [0.1, 0.15) is 0 Å². The number of rotatable bonds is 3. The molecule has 3 nitrogen and oxygen atoms in total. The van der Waals surface area contributed by atoms with E-state index in [4.69, 9.17) is 16.3 Å². The fraction of sp³-hybridized carbons (Fsp3) is 0.455. The summed E-state index contributed by atoms with van der Waals surface area (Å²) in [6.07, 6.45) is 1.91. The minimum Gasteiger partial charge on any atom is -0.504 e. The van der Waals surface area contributed by atoms with Gasteiger partial charge in [-0.1, -0.05) is 11.6 Å². The summed E-state index contributed by atoms with van der Waals surface area (Å²) >= 11 is 5.97. The quantitative estimate of drug-likeness (QED) is 0.833. The zero-order chi connectivity index (χ0) is 11.1. The number of ether oxygens (including phenoxy) is 1. The molecule has 82 valence electrons. The van der Waals surface area contributed by atoms with E-state index >= 15 is 0 Å². The molecule has 0 amide bonds. The van der Waals surface area contributed by atoms with Crippen molar-refractivity contribution in [2.75, 3.05) is 7.11 Å². The molecule has 0 unspecified atom stereocenters. The monoisotopic (exact) mass is 228 g/mol. The summed E-state index contributed by atoms with van der Waals surface area (Å²) in [6, 6.07) is 3.28. The molecule has 2 rings (SSSR count). The summed E-state index contributed by atoms with van der Waals surface area (Å²) in [5.41, 5.74) is -0.107. The number of benzene rings is 1. The van der Waals surface area contributed by atoms with E-state index in [1.54, 1.807) is 12.1 Å². The van der Waals surface area contributed by atoms with Gasteiger partial charge < -0.3 is 14.9 Å². The van der Waals surface area contributed by atoms with Crippen LogP contribution >= 0.6 is 11.6 Å². The zero-order valence-corrected chi connectivity index (χ0v) is 9.21. The minimum atomic E-state index is -0.673. The number of methoxy groups -OCH3 is 1. The fourth-order valence-corrected chi connectivity index (χ4v) is 1.79. The van der Waals surface area contributed by atoms with Crippen LogP contribution < -0.4 is 4.74 Å². The Bertz CT molecular complexity index is 386. The number of aliphatic hydroxyl groups is 1. The van der Waals surface area contributed by atoms with Crippen molar-refractivity contribution in [1.82, 2.24) is 0 Å². The minimum absolute atomic E-state index is 0.0327. The second-order valence-electron chi connectivity index (χ2n) is 3.98. The van der Waals surface area contributed by atoms with E-state index in [0.29, 0.717) is 22.8 Å².